The fraction of sp³-hybridized carbons (Fsp3) is 0. The zero-order valence-corrected chi connectivity index (χ0v) is 9.22. The van der Waals surface area contributed by atoms with Gasteiger partial charge in [0.1, 0.15) is 0 Å². The number of hydrogen-bond acceptors (Lipinski definition) is 4. The number of pyridine rings is 1. The molecule has 0 unspecified atom stereocenters. The van der Waals surface area contributed by atoms with Gasteiger partial charge in [-0.25, -0.2) is 4.79 Å². The van der Waals surface area contributed by atoms with Crippen LogP contribution in [0.1, 0.15) is 10.4 Å². The third-order valence-electron chi connectivity index (χ3n) is 1.72. The molecule has 0 aromatic carbocycles. The van der Waals surface area contributed by atoms with Crippen molar-refractivity contribution < 1.29 is 9.90 Å². The molecule has 0 saturated heterocycles. The van der Waals surface area contributed by atoms with E-state index in [2.05, 4.69) is 4.98 Å². The van der Waals surface area contributed by atoms with E-state index in [1.54, 1.807) is 23.6 Å². The molecule has 1 N–H and O–H groups in total. The van der Waals surface area contributed by atoms with Crippen LogP contribution in [0.25, 0.3) is 0 Å². The maximum atomic E-state index is 10.9. The minimum atomic E-state index is -0.942. The van der Waals surface area contributed by atoms with Gasteiger partial charge in [-0.3, -0.25) is 4.98 Å². The van der Waals surface area contributed by atoms with Crippen LogP contribution in [-0.4, -0.2) is 16.1 Å². The Bertz CT molecular complexity index is 468. The normalized spacial score (nSPS) is 10.1. The molecule has 0 saturated carbocycles. The third-order valence-corrected chi connectivity index (χ3v) is 3.83. The lowest BCUT2D eigenvalue weighted by Gasteiger charge is -2.02. The van der Waals surface area contributed by atoms with Gasteiger partial charge in [0.15, 0.2) is 0 Å². The number of carboxylic acid groups (broad SMARTS) is 1. The minimum absolute atomic E-state index is 0.246. The van der Waals surface area contributed by atoms with Crippen molar-refractivity contribution in [1.29, 1.82) is 0 Å². The second-order valence-electron chi connectivity index (χ2n) is 2.71. The average Bonchev–Trinajstić information content (AvgIpc) is 2.71. The number of carboxylic acids is 1. The summed E-state index contributed by atoms with van der Waals surface area (Å²) in [7, 11) is 0. The highest BCUT2D eigenvalue weighted by Crippen LogP contribution is 2.32. The molecule has 0 aliphatic rings. The third kappa shape index (κ3) is 2.37. The van der Waals surface area contributed by atoms with Gasteiger partial charge in [-0.05, 0) is 17.5 Å². The topological polar surface area (TPSA) is 50.2 Å². The van der Waals surface area contributed by atoms with Crippen molar-refractivity contribution in [3.63, 3.8) is 0 Å². The molecule has 76 valence electrons. The van der Waals surface area contributed by atoms with E-state index >= 15 is 0 Å². The second-order valence-corrected chi connectivity index (χ2v) is 5.00. The number of hydrogen-bond donors (Lipinski definition) is 1. The lowest BCUT2D eigenvalue weighted by Crippen LogP contribution is -1.98. The van der Waals surface area contributed by atoms with Crippen LogP contribution in [0.5, 0.6) is 0 Å². The lowest BCUT2D eigenvalue weighted by atomic mass is 10.3. The van der Waals surface area contributed by atoms with Crippen LogP contribution >= 0.6 is 23.1 Å². The van der Waals surface area contributed by atoms with Gasteiger partial charge in [0, 0.05) is 17.3 Å². The average molecular weight is 237 g/mol. The molecule has 0 bridgehead atoms. The van der Waals surface area contributed by atoms with Gasteiger partial charge in [-0.15, -0.1) is 11.3 Å². The van der Waals surface area contributed by atoms with E-state index < -0.39 is 5.97 Å². The summed E-state index contributed by atoms with van der Waals surface area (Å²) in [5.41, 5.74) is 0.246. The minimum Gasteiger partial charge on any atom is -0.478 e. The van der Waals surface area contributed by atoms with Crippen LogP contribution in [-0.2, 0) is 0 Å². The molecule has 0 aliphatic heterocycles. The van der Waals surface area contributed by atoms with E-state index in [9.17, 15) is 4.79 Å². The first-order chi connectivity index (χ1) is 7.27. The molecule has 2 rings (SSSR count). The Hall–Kier alpha value is -1.33. The van der Waals surface area contributed by atoms with Crippen molar-refractivity contribution in [2.24, 2.45) is 0 Å². The molecule has 2 aromatic rings. The number of carbonyl (C=O) groups is 1. The number of aromatic nitrogens is 1. The fourth-order valence-electron chi connectivity index (χ4n) is 1.06. The Morgan fingerprint density at radius 3 is 3.00 bits per heavy atom. The first-order valence-electron chi connectivity index (χ1n) is 4.16. The molecule has 2 heterocycles. The van der Waals surface area contributed by atoms with Crippen molar-refractivity contribution in [3.8, 4) is 0 Å². The highest BCUT2D eigenvalue weighted by Gasteiger charge is 2.10. The summed E-state index contributed by atoms with van der Waals surface area (Å²) in [6.07, 6.45) is 2.97. The molecule has 0 atom stereocenters. The molecule has 0 fully saturated rings. The zero-order valence-electron chi connectivity index (χ0n) is 7.58. The molecule has 0 spiro atoms. The zero-order chi connectivity index (χ0) is 10.7. The van der Waals surface area contributed by atoms with Gasteiger partial charge in [0.05, 0.1) is 9.77 Å². The Balaban J connectivity index is 2.32. The maximum absolute atomic E-state index is 10.9. The molecule has 3 nitrogen and oxygen atoms in total. The van der Waals surface area contributed by atoms with Crippen LogP contribution in [0.15, 0.2) is 45.1 Å². The van der Waals surface area contributed by atoms with E-state index in [0.29, 0.717) is 0 Å². The van der Waals surface area contributed by atoms with Crippen molar-refractivity contribution in [1.82, 2.24) is 4.98 Å². The SMILES string of the molecule is O=C(O)c1cnccc1Sc1cccs1. The quantitative estimate of drug-likeness (QED) is 0.891. The summed E-state index contributed by atoms with van der Waals surface area (Å²) in [6.45, 7) is 0. The second kappa shape index (κ2) is 4.46. The van der Waals surface area contributed by atoms with Gasteiger partial charge in [-0.2, -0.15) is 0 Å². The van der Waals surface area contributed by atoms with E-state index in [1.807, 2.05) is 17.5 Å². The molecule has 0 amide bonds. The Kier molecular flexibility index (Phi) is 3.03. The smallest absolute Gasteiger partial charge is 0.338 e. The summed E-state index contributed by atoms with van der Waals surface area (Å²) in [4.78, 5) is 15.4. The number of aromatic carboxylic acids is 1. The van der Waals surface area contributed by atoms with Crippen molar-refractivity contribution in [2.45, 2.75) is 9.10 Å². The van der Waals surface area contributed by atoms with Crippen LogP contribution in [0.2, 0.25) is 0 Å². The van der Waals surface area contributed by atoms with Crippen molar-refractivity contribution in [3.05, 3.63) is 41.5 Å². The molecule has 2 aromatic heterocycles. The van der Waals surface area contributed by atoms with Gasteiger partial charge in [-0.1, -0.05) is 17.8 Å². The molecule has 15 heavy (non-hydrogen) atoms. The first kappa shape index (κ1) is 10.2. The highest BCUT2D eigenvalue weighted by atomic mass is 32.2. The molecule has 5 heteroatoms. The van der Waals surface area contributed by atoms with Gasteiger partial charge >= 0.3 is 5.97 Å². The molecular formula is C10H7NO2S2. The van der Waals surface area contributed by atoms with E-state index in [0.717, 1.165) is 9.10 Å². The van der Waals surface area contributed by atoms with E-state index in [4.69, 9.17) is 5.11 Å². The summed E-state index contributed by atoms with van der Waals surface area (Å²) >= 11 is 3.03. The first-order valence-corrected chi connectivity index (χ1v) is 5.85. The van der Waals surface area contributed by atoms with Crippen molar-refractivity contribution in [2.75, 3.05) is 0 Å². The summed E-state index contributed by atoms with van der Waals surface area (Å²) in [5.74, 6) is -0.942. The molecule has 0 aliphatic carbocycles. The number of thiophene rings is 1. The predicted octanol–water partition coefficient (Wildman–Crippen LogP) is 2.99. The van der Waals surface area contributed by atoms with Crippen LogP contribution in [0.3, 0.4) is 0 Å². The van der Waals surface area contributed by atoms with Gasteiger partial charge in [0.2, 0.25) is 0 Å². The number of nitrogens with zero attached hydrogens (tertiary/aromatic N) is 1. The van der Waals surface area contributed by atoms with E-state index in [-0.39, 0.29) is 5.56 Å². The predicted molar refractivity (Wildman–Crippen MR) is 59.6 cm³/mol. The fourth-order valence-corrected chi connectivity index (χ4v) is 2.88. The Morgan fingerprint density at radius 2 is 2.33 bits per heavy atom. The summed E-state index contributed by atoms with van der Waals surface area (Å²) < 4.78 is 1.07. The standard InChI is InChI=1S/C10H7NO2S2/c12-10(13)7-6-11-4-3-8(7)15-9-2-1-5-14-9/h1-6H,(H,12,13). The highest BCUT2D eigenvalue weighted by molar-refractivity contribution is 8.01. The van der Waals surface area contributed by atoms with Crippen LogP contribution in [0, 0.1) is 0 Å². The van der Waals surface area contributed by atoms with Crippen molar-refractivity contribution >= 4 is 29.1 Å². The summed E-state index contributed by atoms with van der Waals surface area (Å²) in [6, 6.07) is 5.61. The maximum Gasteiger partial charge on any atom is 0.338 e. The lowest BCUT2D eigenvalue weighted by molar-refractivity contribution is 0.0692. The Labute approximate surface area is 94.8 Å². The van der Waals surface area contributed by atoms with Crippen LogP contribution in [0.4, 0.5) is 0 Å². The monoisotopic (exact) mass is 237 g/mol. The molecular weight excluding hydrogens is 230 g/mol. The summed E-state index contributed by atoms with van der Waals surface area (Å²) in [5, 5.41) is 10.9. The number of rotatable bonds is 3. The van der Waals surface area contributed by atoms with E-state index in [1.165, 1.54) is 18.0 Å². The van der Waals surface area contributed by atoms with Gasteiger partial charge in [0.25, 0.3) is 0 Å². The largest absolute Gasteiger partial charge is 0.478 e. The Morgan fingerprint density at radius 1 is 1.47 bits per heavy atom. The molecule has 0 radical (unpaired) electrons. The van der Waals surface area contributed by atoms with Crippen LogP contribution < -0.4 is 0 Å². The van der Waals surface area contributed by atoms with Gasteiger partial charge < -0.3 is 5.11 Å².